The van der Waals surface area contributed by atoms with Crippen LogP contribution in [0.25, 0.3) is 0 Å². The average molecular weight is 499 g/mol. The topological polar surface area (TPSA) is 42.0 Å². The van der Waals surface area contributed by atoms with Crippen LogP contribution in [0.3, 0.4) is 0 Å². The van der Waals surface area contributed by atoms with Gasteiger partial charge in [0.2, 0.25) is 0 Å². The molecule has 2 aromatic rings. The van der Waals surface area contributed by atoms with Crippen molar-refractivity contribution in [1.82, 2.24) is 9.80 Å². The third kappa shape index (κ3) is 2.90. The molecule has 0 spiro atoms. The maximum Gasteiger partial charge on any atom is 0.254 e. The van der Waals surface area contributed by atoms with Crippen LogP contribution in [-0.4, -0.2) is 66.2 Å². The van der Waals surface area contributed by atoms with Gasteiger partial charge in [-0.25, -0.2) is 0 Å². The van der Waals surface area contributed by atoms with Crippen LogP contribution in [-0.2, 0) is 16.6 Å². The predicted molar refractivity (Wildman–Crippen MR) is 142 cm³/mol. The number of carbonyl (C=O) groups is 1. The van der Waals surface area contributed by atoms with Crippen molar-refractivity contribution >= 4 is 5.91 Å². The minimum absolute atomic E-state index is 0.0364. The second-order valence-electron chi connectivity index (χ2n) is 12.6. The number of fused-ring (bicyclic) bond motifs is 1. The molecule has 5 fully saturated rings. The van der Waals surface area contributed by atoms with Crippen molar-refractivity contribution in [3.05, 3.63) is 65.2 Å². The molecule has 0 N–H and O–H groups in total. The second kappa shape index (κ2) is 8.07. The number of benzene rings is 2. The van der Waals surface area contributed by atoms with E-state index in [1.807, 2.05) is 30.3 Å². The lowest BCUT2D eigenvalue weighted by Gasteiger charge is -2.65. The van der Waals surface area contributed by atoms with E-state index in [0.717, 1.165) is 56.0 Å². The number of piperidine rings is 1. The Labute approximate surface area is 220 Å². The lowest BCUT2D eigenvalue weighted by molar-refractivity contribution is -0.172. The summed E-state index contributed by atoms with van der Waals surface area (Å²) in [4.78, 5) is 18.7. The summed E-state index contributed by atoms with van der Waals surface area (Å²) >= 11 is 0. The van der Waals surface area contributed by atoms with Crippen LogP contribution < -0.4 is 4.74 Å². The monoisotopic (exact) mass is 498 g/mol. The normalized spacial score (nSPS) is 37.9. The van der Waals surface area contributed by atoms with Gasteiger partial charge in [-0.1, -0.05) is 37.1 Å². The Bertz CT molecular complexity index is 1230. The molecule has 3 aliphatic carbocycles. The number of rotatable bonds is 4. The second-order valence-corrected chi connectivity index (χ2v) is 12.6. The number of carbonyl (C=O) groups excluding carboxylic acids is 1. The summed E-state index contributed by atoms with van der Waals surface area (Å²) in [5.74, 6) is 2.32. The average Bonchev–Trinajstić information content (AvgIpc) is 3.61. The summed E-state index contributed by atoms with van der Waals surface area (Å²) in [6.45, 7) is 3.10. The fourth-order valence-corrected chi connectivity index (χ4v) is 10.0. The first-order valence-electron chi connectivity index (χ1n) is 14.6. The summed E-state index contributed by atoms with van der Waals surface area (Å²) in [7, 11) is 1.78. The maximum atomic E-state index is 13.7. The van der Waals surface area contributed by atoms with Gasteiger partial charge in [0.15, 0.2) is 0 Å². The van der Waals surface area contributed by atoms with Crippen LogP contribution in [0, 0.1) is 11.8 Å². The molecule has 5 unspecified atom stereocenters. The molecule has 3 heterocycles. The van der Waals surface area contributed by atoms with Gasteiger partial charge in [0.25, 0.3) is 5.91 Å². The van der Waals surface area contributed by atoms with Gasteiger partial charge in [-0.2, -0.15) is 0 Å². The molecule has 2 aromatic carbocycles. The van der Waals surface area contributed by atoms with Crippen LogP contribution in [0.2, 0.25) is 0 Å². The van der Waals surface area contributed by atoms with Gasteiger partial charge in [-0.3, -0.25) is 9.69 Å². The molecule has 37 heavy (non-hydrogen) atoms. The first-order chi connectivity index (χ1) is 18.1. The van der Waals surface area contributed by atoms with E-state index in [0.29, 0.717) is 12.0 Å². The van der Waals surface area contributed by atoms with Crippen molar-refractivity contribution < 1.29 is 14.3 Å². The zero-order valence-electron chi connectivity index (χ0n) is 21.9. The Morgan fingerprint density at radius 3 is 2.73 bits per heavy atom. The maximum absolute atomic E-state index is 13.7. The van der Waals surface area contributed by atoms with Gasteiger partial charge in [-0.05, 0) is 86.4 Å². The van der Waals surface area contributed by atoms with Crippen LogP contribution in [0.4, 0.5) is 0 Å². The Kier molecular flexibility index (Phi) is 4.93. The first-order valence-corrected chi connectivity index (χ1v) is 14.6. The highest BCUT2D eigenvalue weighted by Crippen LogP contribution is 2.69. The molecule has 6 atom stereocenters. The molecular weight excluding hydrogens is 460 g/mol. The largest absolute Gasteiger partial charge is 0.497 e. The first kappa shape index (κ1) is 22.6. The molecule has 194 valence electrons. The molecule has 3 saturated heterocycles. The molecule has 0 radical (unpaired) electrons. The zero-order chi connectivity index (χ0) is 24.8. The molecule has 3 aliphatic heterocycles. The third-order valence-corrected chi connectivity index (χ3v) is 11.3. The smallest absolute Gasteiger partial charge is 0.254 e. The highest BCUT2D eigenvalue weighted by atomic mass is 16.5. The van der Waals surface area contributed by atoms with Crippen LogP contribution in [0.15, 0.2) is 48.5 Å². The quantitative estimate of drug-likeness (QED) is 0.606. The van der Waals surface area contributed by atoms with Gasteiger partial charge in [0.05, 0.1) is 18.8 Å². The molecule has 6 aliphatic rings. The van der Waals surface area contributed by atoms with Gasteiger partial charge in [-0.15, -0.1) is 0 Å². The Morgan fingerprint density at radius 2 is 1.92 bits per heavy atom. The number of ether oxygens (including phenoxy) is 2. The van der Waals surface area contributed by atoms with E-state index in [1.54, 1.807) is 7.11 Å². The molecule has 1 amide bonds. The predicted octanol–water partition coefficient (Wildman–Crippen LogP) is 4.83. The van der Waals surface area contributed by atoms with Crippen LogP contribution in [0.5, 0.6) is 5.75 Å². The minimum atomic E-state index is -0.142. The fraction of sp³-hybridized carbons (Fsp3) is 0.594. The molecule has 0 aromatic heterocycles. The van der Waals surface area contributed by atoms with Crippen molar-refractivity contribution in [2.45, 2.75) is 80.6 Å². The van der Waals surface area contributed by atoms with E-state index in [9.17, 15) is 4.79 Å². The third-order valence-electron chi connectivity index (χ3n) is 11.3. The van der Waals surface area contributed by atoms with E-state index in [-0.39, 0.29) is 29.1 Å². The number of amides is 1. The molecule has 2 saturated carbocycles. The molecule has 4 bridgehead atoms. The van der Waals surface area contributed by atoms with Crippen LogP contribution >= 0.6 is 0 Å². The molecule has 8 rings (SSSR count). The van der Waals surface area contributed by atoms with Gasteiger partial charge >= 0.3 is 0 Å². The van der Waals surface area contributed by atoms with Crippen molar-refractivity contribution in [2.24, 2.45) is 11.8 Å². The summed E-state index contributed by atoms with van der Waals surface area (Å²) in [6, 6.07) is 17.3. The summed E-state index contributed by atoms with van der Waals surface area (Å²) in [5.41, 5.74) is 3.57. The molecule has 5 nitrogen and oxygen atoms in total. The Morgan fingerprint density at radius 1 is 1.08 bits per heavy atom. The van der Waals surface area contributed by atoms with Crippen molar-refractivity contribution in [2.75, 3.05) is 26.7 Å². The van der Waals surface area contributed by atoms with Gasteiger partial charge in [0.1, 0.15) is 5.75 Å². The molecule has 5 heteroatoms. The Hall–Kier alpha value is -2.37. The lowest BCUT2D eigenvalue weighted by Crippen LogP contribution is -2.74. The number of likely N-dealkylation sites (tertiary alicyclic amines) is 2. The minimum Gasteiger partial charge on any atom is -0.497 e. The highest BCUT2D eigenvalue weighted by molar-refractivity contribution is 5.94. The number of hydrogen-bond donors (Lipinski definition) is 0. The lowest BCUT2D eigenvalue weighted by atomic mass is 9.46. The summed E-state index contributed by atoms with van der Waals surface area (Å²) < 4.78 is 13.2. The summed E-state index contributed by atoms with van der Waals surface area (Å²) in [5, 5.41) is 0. The van der Waals surface area contributed by atoms with Gasteiger partial charge in [0, 0.05) is 42.1 Å². The van der Waals surface area contributed by atoms with Gasteiger partial charge < -0.3 is 14.4 Å². The van der Waals surface area contributed by atoms with E-state index >= 15 is 0 Å². The number of nitrogens with zero attached hydrogens (tertiary/aromatic N) is 2. The standard InChI is InChI=1S/C32H38N2O3/c1-36-24-12-11-23-17-28-32-14-13-26-29(27(37-32)20-34(26)30(35)22-9-3-2-4-10-22)31(32,25(23)18-24)15-16-33(28)19-21-7-5-6-8-21/h2-4,9-12,18,21,26-29H,5-8,13-17,19-20H2,1H3/t26?,27-,28?,29?,31?,32?/m1/s1. The van der Waals surface area contributed by atoms with Crippen molar-refractivity contribution in [3.8, 4) is 5.75 Å². The number of methoxy groups -OCH3 is 1. The van der Waals surface area contributed by atoms with E-state index in [4.69, 9.17) is 9.47 Å². The van der Waals surface area contributed by atoms with E-state index in [1.165, 1.54) is 43.4 Å². The van der Waals surface area contributed by atoms with Crippen molar-refractivity contribution in [3.63, 3.8) is 0 Å². The van der Waals surface area contributed by atoms with Crippen LogP contribution in [0.1, 0.15) is 66.4 Å². The number of hydrogen-bond acceptors (Lipinski definition) is 4. The zero-order valence-corrected chi connectivity index (χ0v) is 21.9. The summed E-state index contributed by atoms with van der Waals surface area (Å²) in [6.07, 6.45) is 9.99. The SMILES string of the molecule is COc1ccc2c(c1)C13CCN(CC4CCCC4)C(C2)C12CCC1C3[C@@H](CN1C(=O)c1ccccc1)O2. The van der Waals surface area contributed by atoms with Crippen molar-refractivity contribution in [1.29, 1.82) is 0 Å². The molecular formula is C32H38N2O3. The van der Waals surface area contributed by atoms with E-state index < -0.39 is 0 Å². The Balaban J connectivity index is 1.23. The highest BCUT2D eigenvalue weighted by Gasteiger charge is 2.78. The van der Waals surface area contributed by atoms with E-state index in [2.05, 4.69) is 28.0 Å². The fourth-order valence-electron chi connectivity index (χ4n) is 10.0.